The monoisotopic (exact) mass is 227 g/mol. The van der Waals surface area contributed by atoms with Crippen molar-refractivity contribution in [2.45, 2.75) is 33.3 Å². The average molecular weight is 228 g/mol. The third-order valence-corrected chi connectivity index (χ3v) is 2.04. The largest absolute Gasteiger partial charge is 0.456 e. The molecule has 82 valence electrons. The molecule has 0 aliphatic heterocycles. The van der Waals surface area contributed by atoms with Crippen LogP contribution in [0, 0.1) is 6.92 Å². The smallest absolute Gasteiger partial charge is 0.340 e. The van der Waals surface area contributed by atoms with E-state index in [9.17, 15) is 4.79 Å². The quantitative estimate of drug-likeness (QED) is 0.693. The second-order valence-corrected chi connectivity index (χ2v) is 4.70. The molecule has 15 heavy (non-hydrogen) atoms. The van der Waals surface area contributed by atoms with Crippen molar-refractivity contribution in [1.29, 1.82) is 0 Å². The molecule has 1 rings (SSSR count). The van der Waals surface area contributed by atoms with E-state index in [1.807, 2.05) is 20.8 Å². The number of esters is 1. The molecule has 0 aliphatic rings. The van der Waals surface area contributed by atoms with E-state index in [0.29, 0.717) is 16.3 Å². The molecule has 1 heterocycles. The van der Waals surface area contributed by atoms with E-state index in [1.165, 1.54) is 6.20 Å². The van der Waals surface area contributed by atoms with Gasteiger partial charge in [-0.05, 0) is 33.8 Å². The summed E-state index contributed by atoms with van der Waals surface area (Å²) >= 11 is 5.86. The lowest BCUT2D eigenvalue weighted by atomic mass is 10.2. The van der Waals surface area contributed by atoms with Crippen molar-refractivity contribution in [2.24, 2.45) is 0 Å². The maximum atomic E-state index is 11.6. The maximum absolute atomic E-state index is 11.6. The van der Waals surface area contributed by atoms with E-state index in [-0.39, 0.29) is 0 Å². The van der Waals surface area contributed by atoms with Crippen LogP contribution in [0.3, 0.4) is 0 Å². The third-order valence-electron chi connectivity index (χ3n) is 1.66. The van der Waals surface area contributed by atoms with Crippen LogP contribution < -0.4 is 0 Å². The van der Waals surface area contributed by atoms with Crippen LogP contribution in [-0.4, -0.2) is 16.6 Å². The highest BCUT2D eigenvalue weighted by Gasteiger charge is 2.18. The molecule has 0 unspecified atom stereocenters. The van der Waals surface area contributed by atoms with Crippen LogP contribution in [0.15, 0.2) is 12.3 Å². The minimum atomic E-state index is -0.506. The summed E-state index contributed by atoms with van der Waals surface area (Å²) in [6, 6.07) is 1.57. The zero-order valence-electron chi connectivity index (χ0n) is 9.30. The minimum Gasteiger partial charge on any atom is -0.456 e. The lowest BCUT2D eigenvalue weighted by Gasteiger charge is -2.19. The van der Waals surface area contributed by atoms with Gasteiger partial charge in [-0.3, -0.25) is 4.98 Å². The second kappa shape index (κ2) is 4.19. The molecule has 0 aromatic carbocycles. The molecular weight excluding hydrogens is 214 g/mol. The summed E-state index contributed by atoms with van der Waals surface area (Å²) in [5, 5.41) is 0.471. The van der Waals surface area contributed by atoms with E-state index in [1.54, 1.807) is 13.0 Å². The van der Waals surface area contributed by atoms with E-state index in [0.717, 1.165) is 0 Å². The highest BCUT2D eigenvalue weighted by atomic mass is 35.5. The SMILES string of the molecule is Cc1ncc(C(=O)OC(C)(C)C)cc1Cl. The predicted octanol–water partition coefficient (Wildman–Crippen LogP) is 3.00. The van der Waals surface area contributed by atoms with Gasteiger partial charge in [0.05, 0.1) is 16.3 Å². The van der Waals surface area contributed by atoms with Gasteiger partial charge >= 0.3 is 5.97 Å². The van der Waals surface area contributed by atoms with E-state index >= 15 is 0 Å². The molecule has 1 aromatic rings. The Bertz CT molecular complexity index is 383. The molecule has 0 bridgehead atoms. The maximum Gasteiger partial charge on any atom is 0.340 e. The molecule has 0 radical (unpaired) electrons. The van der Waals surface area contributed by atoms with Crippen LogP contribution in [0.5, 0.6) is 0 Å². The molecule has 0 N–H and O–H groups in total. The number of hydrogen-bond acceptors (Lipinski definition) is 3. The number of aryl methyl sites for hydroxylation is 1. The summed E-state index contributed by atoms with van der Waals surface area (Å²) in [6.45, 7) is 7.22. The zero-order chi connectivity index (χ0) is 11.6. The summed E-state index contributed by atoms with van der Waals surface area (Å²) < 4.78 is 5.18. The number of hydrogen-bond donors (Lipinski definition) is 0. The van der Waals surface area contributed by atoms with Gasteiger partial charge < -0.3 is 4.74 Å². The van der Waals surface area contributed by atoms with Gasteiger partial charge in [0.15, 0.2) is 0 Å². The van der Waals surface area contributed by atoms with Crippen LogP contribution >= 0.6 is 11.6 Å². The standard InChI is InChI=1S/C11H14ClNO2/c1-7-9(12)5-8(6-13-7)10(14)15-11(2,3)4/h5-6H,1-4H3. The highest BCUT2D eigenvalue weighted by Crippen LogP contribution is 2.17. The molecule has 4 heteroatoms. The molecule has 0 saturated heterocycles. The molecule has 0 spiro atoms. The first-order valence-electron chi connectivity index (χ1n) is 4.65. The van der Waals surface area contributed by atoms with E-state index < -0.39 is 11.6 Å². The third kappa shape index (κ3) is 3.51. The molecule has 3 nitrogen and oxygen atoms in total. The van der Waals surface area contributed by atoms with Crippen molar-refractivity contribution < 1.29 is 9.53 Å². The number of pyridine rings is 1. The van der Waals surface area contributed by atoms with Crippen molar-refractivity contribution in [2.75, 3.05) is 0 Å². The number of ether oxygens (including phenoxy) is 1. The van der Waals surface area contributed by atoms with Crippen LogP contribution in [-0.2, 0) is 4.74 Å². The molecule has 0 aliphatic carbocycles. The number of aromatic nitrogens is 1. The summed E-state index contributed by atoms with van der Waals surface area (Å²) in [5.41, 5.74) is 0.568. The highest BCUT2D eigenvalue weighted by molar-refractivity contribution is 6.31. The van der Waals surface area contributed by atoms with Gasteiger partial charge in [0, 0.05) is 6.20 Å². The van der Waals surface area contributed by atoms with Crippen molar-refractivity contribution >= 4 is 17.6 Å². The van der Waals surface area contributed by atoms with Crippen molar-refractivity contribution in [1.82, 2.24) is 4.98 Å². The molecular formula is C11H14ClNO2. The van der Waals surface area contributed by atoms with Gasteiger partial charge in [-0.15, -0.1) is 0 Å². The van der Waals surface area contributed by atoms with Crippen molar-refractivity contribution in [3.8, 4) is 0 Å². The number of nitrogens with zero attached hydrogens (tertiary/aromatic N) is 1. The Hall–Kier alpha value is -1.09. The summed E-state index contributed by atoms with van der Waals surface area (Å²) in [4.78, 5) is 15.6. The van der Waals surface area contributed by atoms with Gasteiger partial charge in [0.2, 0.25) is 0 Å². The fourth-order valence-corrected chi connectivity index (χ4v) is 1.12. The number of carbonyl (C=O) groups is 1. The summed E-state index contributed by atoms with van der Waals surface area (Å²) in [5.74, 6) is -0.406. The van der Waals surface area contributed by atoms with Gasteiger partial charge in [0.25, 0.3) is 0 Å². The lowest BCUT2D eigenvalue weighted by Crippen LogP contribution is -2.24. The Labute approximate surface area is 94.4 Å². The Kier molecular flexibility index (Phi) is 3.35. The normalized spacial score (nSPS) is 11.3. The average Bonchev–Trinajstić information content (AvgIpc) is 2.06. The van der Waals surface area contributed by atoms with Crippen LogP contribution in [0.2, 0.25) is 5.02 Å². The zero-order valence-corrected chi connectivity index (χ0v) is 10.1. The molecule has 1 aromatic heterocycles. The first-order valence-corrected chi connectivity index (χ1v) is 5.03. The predicted molar refractivity (Wildman–Crippen MR) is 59.2 cm³/mol. The fourth-order valence-electron chi connectivity index (χ4n) is 0.955. The van der Waals surface area contributed by atoms with Crippen LogP contribution in [0.1, 0.15) is 36.8 Å². The topological polar surface area (TPSA) is 39.2 Å². The van der Waals surface area contributed by atoms with Crippen LogP contribution in [0.25, 0.3) is 0 Å². The molecule has 0 fully saturated rings. The minimum absolute atomic E-state index is 0.375. The first kappa shape index (κ1) is 12.0. The lowest BCUT2D eigenvalue weighted by molar-refractivity contribution is 0.00691. The number of halogens is 1. The van der Waals surface area contributed by atoms with Gasteiger partial charge in [0.1, 0.15) is 5.60 Å². The van der Waals surface area contributed by atoms with Crippen molar-refractivity contribution in [3.05, 3.63) is 28.5 Å². The Balaban J connectivity index is 2.88. The molecule has 0 amide bonds. The number of carbonyl (C=O) groups excluding carboxylic acids is 1. The van der Waals surface area contributed by atoms with Gasteiger partial charge in [-0.25, -0.2) is 4.79 Å². The van der Waals surface area contributed by atoms with Crippen LogP contribution in [0.4, 0.5) is 0 Å². The summed E-state index contributed by atoms with van der Waals surface area (Å²) in [6.07, 6.45) is 1.47. The fraction of sp³-hybridized carbons (Fsp3) is 0.455. The molecule has 0 atom stereocenters. The first-order chi connectivity index (χ1) is 6.79. The number of rotatable bonds is 1. The van der Waals surface area contributed by atoms with Crippen molar-refractivity contribution in [3.63, 3.8) is 0 Å². The summed E-state index contributed by atoms with van der Waals surface area (Å²) in [7, 11) is 0. The Morgan fingerprint density at radius 3 is 2.53 bits per heavy atom. The Morgan fingerprint density at radius 1 is 1.47 bits per heavy atom. The Morgan fingerprint density at radius 2 is 2.07 bits per heavy atom. The van der Waals surface area contributed by atoms with Gasteiger partial charge in [-0.2, -0.15) is 0 Å². The van der Waals surface area contributed by atoms with E-state index in [4.69, 9.17) is 16.3 Å². The molecule has 0 saturated carbocycles. The van der Waals surface area contributed by atoms with E-state index in [2.05, 4.69) is 4.98 Å². The van der Waals surface area contributed by atoms with Gasteiger partial charge in [-0.1, -0.05) is 11.6 Å². The second-order valence-electron chi connectivity index (χ2n) is 4.29.